The van der Waals surface area contributed by atoms with Gasteiger partial charge in [0, 0.05) is 43.9 Å². The maximum Gasteiger partial charge on any atom is 0.130 e. The molecule has 0 aromatic heterocycles. The van der Waals surface area contributed by atoms with E-state index in [9.17, 15) is 8.78 Å². The summed E-state index contributed by atoms with van der Waals surface area (Å²) < 4.78 is 27.1. The highest BCUT2D eigenvalue weighted by Crippen LogP contribution is 2.28. The fourth-order valence-electron chi connectivity index (χ4n) is 3.71. The lowest BCUT2D eigenvalue weighted by atomic mass is 9.96. The summed E-state index contributed by atoms with van der Waals surface area (Å²) in [6.45, 7) is 4.38. The van der Waals surface area contributed by atoms with Gasteiger partial charge >= 0.3 is 0 Å². The Morgan fingerprint density at radius 1 is 1.19 bits per heavy atom. The number of fused-ring (bicyclic) bond motifs is 1. The van der Waals surface area contributed by atoms with Crippen molar-refractivity contribution in [3.8, 4) is 0 Å². The molecule has 2 unspecified atom stereocenters. The molecule has 2 aliphatic heterocycles. The van der Waals surface area contributed by atoms with Gasteiger partial charge in [0.05, 0.1) is 6.04 Å². The van der Waals surface area contributed by atoms with E-state index in [4.69, 9.17) is 5.73 Å². The molecule has 116 valence electrons. The third-order valence-corrected chi connectivity index (χ3v) is 4.85. The van der Waals surface area contributed by atoms with Crippen LogP contribution in [-0.4, -0.2) is 48.6 Å². The van der Waals surface area contributed by atoms with Crippen molar-refractivity contribution in [3.63, 3.8) is 0 Å². The topological polar surface area (TPSA) is 32.5 Å². The summed E-state index contributed by atoms with van der Waals surface area (Å²) >= 11 is 0. The zero-order chi connectivity index (χ0) is 14.8. The zero-order valence-electron chi connectivity index (χ0n) is 12.3. The van der Waals surface area contributed by atoms with Crippen LogP contribution in [0.1, 0.15) is 30.9 Å². The van der Waals surface area contributed by atoms with Gasteiger partial charge in [0.1, 0.15) is 11.6 Å². The molecule has 1 aromatic rings. The number of rotatable bonds is 3. The minimum atomic E-state index is -0.538. The van der Waals surface area contributed by atoms with Crippen LogP contribution in [0.3, 0.4) is 0 Å². The molecule has 5 heteroatoms. The third kappa shape index (κ3) is 3.10. The largest absolute Gasteiger partial charge is 0.329 e. The van der Waals surface area contributed by atoms with Gasteiger partial charge in [0.2, 0.25) is 0 Å². The van der Waals surface area contributed by atoms with Crippen LogP contribution < -0.4 is 5.73 Å². The molecule has 0 radical (unpaired) electrons. The van der Waals surface area contributed by atoms with E-state index in [0.29, 0.717) is 18.2 Å². The van der Waals surface area contributed by atoms with Crippen LogP contribution in [0.25, 0.3) is 0 Å². The molecule has 0 aliphatic carbocycles. The molecule has 2 heterocycles. The molecule has 2 aliphatic rings. The van der Waals surface area contributed by atoms with Crippen LogP contribution in [0.2, 0.25) is 0 Å². The highest BCUT2D eigenvalue weighted by molar-refractivity contribution is 5.23. The Hall–Kier alpha value is -1.04. The fraction of sp³-hybridized carbons (Fsp3) is 0.625. The number of piperazine rings is 1. The van der Waals surface area contributed by atoms with Gasteiger partial charge in [-0.05, 0) is 25.5 Å². The van der Waals surface area contributed by atoms with Crippen molar-refractivity contribution in [1.29, 1.82) is 0 Å². The minimum Gasteiger partial charge on any atom is -0.329 e. The summed E-state index contributed by atoms with van der Waals surface area (Å²) in [5.41, 5.74) is 6.41. The number of halogens is 2. The molecule has 0 spiro atoms. The van der Waals surface area contributed by atoms with Crippen molar-refractivity contribution in [1.82, 2.24) is 9.80 Å². The summed E-state index contributed by atoms with van der Waals surface area (Å²) in [5.74, 6) is -1.03. The standard InChI is InChI=1S/C16H23F2N3/c17-12-4-5-14(15(18)9-12)16(10-19)21-8-7-20-6-2-1-3-13(20)11-21/h4-5,9,13,16H,1-3,6-8,10-11,19H2. The van der Waals surface area contributed by atoms with Crippen molar-refractivity contribution in [2.45, 2.75) is 31.3 Å². The van der Waals surface area contributed by atoms with E-state index in [2.05, 4.69) is 9.80 Å². The summed E-state index contributed by atoms with van der Waals surface area (Å²) in [5, 5.41) is 0. The normalized spacial score (nSPS) is 25.6. The van der Waals surface area contributed by atoms with Crippen molar-refractivity contribution < 1.29 is 8.78 Å². The number of nitrogens with two attached hydrogens (primary N) is 1. The highest BCUT2D eigenvalue weighted by atomic mass is 19.1. The first kappa shape index (κ1) is 14.9. The molecule has 2 N–H and O–H groups in total. The fourth-order valence-corrected chi connectivity index (χ4v) is 3.71. The van der Waals surface area contributed by atoms with Crippen LogP contribution in [-0.2, 0) is 0 Å². The first-order valence-electron chi connectivity index (χ1n) is 7.82. The second kappa shape index (κ2) is 6.38. The zero-order valence-corrected chi connectivity index (χ0v) is 12.3. The number of benzene rings is 1. The van der Waals surface area contributed by atoms with Gasteiger partial charge in [0.25, 0.3) is 0 Å². The maximum absolute atomic E-state index is 14.0. The molecule has 0 amide bonds. The van der Waals surface area contributed by atoms with Crippen molar-refractivity contribution >= 4 is 0 Å². The molecule has 21 heavy (non-hydrogen) atoms. The SMILES string of the molecule is NCC(c1ccc(F)cc1F)N1CCN2CCCCC2C1. The summed E-state index contributed by atoms with van der Waals surface area (Å²) in [6, 6.07) is 4.21. The van der Waals surface area contributed by atoms with Gasteiger partial charge in [0.15, 0.2) is 0 Å². The van der Waals surface area contributed by atoms with Crippen molar-refractivity contribution in [2.75, 3.05) is 32.7 Å². The van der Waals surface area contributed by atoms with Crippen molar-refractivity contribution in [3.05, 3.63) is 35.4 Å². The smallest absolute Gasteiger partial charge is 0.130 e. The Kier molecular flexibility index (Phi) is 4.52. The van der Waals surface area contributed by atoms with Gasteiger partial charge in [-0.3, -0.25) is 9.80 Å². The van der Waals surface area contributed by atoms with E-state index >= 15 is 0 Å². The third-order valence-electron chi connectivity index (χ3n) is 4.85. The van der Waals surface area contributed by atoms with Crippen LogP contribution in [0.4, 0.5) is 8.78 Å². The van der Waals surface area contributed by atoms with E-state index < -0.39 is 11.6 Å². The van der Waals surface area contributed by atoms with E-state index in [1.807, 2.05) is 0 Å². The number of hydrogen-bond acceptors (Lipinski definition) is 3. The molecule has 0 saturated carbocycles. The molecule has 2 saturated heterocycles. The summed E-state index contributed by atoms with van der Waals surface area (Å²) in [7, 11) is 0. The second-order valence-corrected chi connectivity index (χ2v) is 6.10. The lowest BCUT2D eigenvalue weighted by Crippen LogP contribution is -2.56. The van der Waals surface area contributed by atoms with Crippen LogP contribution >= 0.6 is 0 Å². The number of hydrogen-bond donors (Lipinski definition) is 1. The van der Waals surface area contributed by atoms with Gasteiger partial charge in [-0.1, -0.05) is 12.5 Å². The average Bonchev–Trinajstić information content (AvgIpc) is 2.50. The van der Waals surface area contributed by atoms with Gasteiger partial charge in [-0.2, -0.15) is 0 Å². The molecular weight excluding hydrogens is 272 g/mol. The molecule has 1 aromatic carbocycles. The number of piperidine rings is 1. The molecule has 3 rings (SSSR count). The van der Waals surface area contributed by atoms with Crippen molar-refractivity contribution in [2.24, 2.45) is 5.73 Å². The minimum absolute atomic E-state index is 0.158. The maximum atomic E-state index is 14.0. The Morgan fingerprint density at radius 2 is 2.05 bits per heavy atom. The van der Waals surface area contributed by atoms with Crippen LogP contribution in [0.5, 0.6) is 0 Å². The molecule has 0 bridgehead atoms. The molecule has 3 nitrogen and oxygen atoms in total. The van der Waals surface area contributed by atoms with Gasteiger partial charge in [-0.25, -0.2) is 8.78 Å². The predicted octanol–water partition coefficient (Wildman–Crippen LogP) is 2.13. The summed E-state index contributed by atoms with van der Waals surface area (Å²) in [6.07, 6.45) is 3.76. The van der Waals surface area contributed by atoms with Crippen LogP contribution in [0, 0.1) is 11.6 Å². The first-order chi connectivity index (χ1) is 10.2. The lowest BCUT2D eigenvalue weighted by molar-refractivity contribution is 0.0279. The summed E-state index contributed by atoms with van der Waals surface area (Å²) in [4.78, 5) is 4.80. The van der Waals surface area contributed by atoms with E-state index in [1.54, 1.807) is 0 Å². The monoisotopic (exact) mass is 295 g/mol. The Bertz CT molecular complexity index is 494. The molecule has 2 fully saturated rings. The van der Waals surface area contributed by atoms with E-state index in [0.717, 1.165) is 25.7 Å². The quantitative estimate of drug-likeness (QED) is 0.927. The van der Waals surface area contributed by atoms with Gasteiger partial charge in [-0.15, -0.1) is 0 Å². The lowest BCUT2D eigenvalue weighted by Gasteiger charge is -2.46. The van der Waals surface area contributed by atoms with E-state index in [1.165, 1.54) is 37.9 Å². The highest BCUT2D eigenvalue weighted by Gasteiger charge is 2.32. The van der Waals surface area contributed by atoms with E-state index in [-0.39, 0.29) is 6.04 Å². The van der Waals surface area contributed by atoms with Gasteiger partial charge < -0.3 is 5.73 Å². The van der Waals surface area contributed by atoms with Crippen LogP contribution in [0.15, 0.2) is 18.2 Å². The molecular formula is C16H23F2N3. The Balaban J connectivity index is 1.77. The Labute approximate surface area is 124 Å². The molecule has 2 atom stereocenters. The second-order valence-electron chi connectivity index (χ2n) is 6.10. The first-order valence-corrected chi connectivity index (χ1v) is 7.82. The number of nitrogens with zero attached hydrogens (tertiary/aromatic N) is 2. The predicted molar refractivity (Wildman–Crippen MR) is 78.9 cm³/mol. The Morgan fingerprint density at radius 3 is 2.81 bits per heavy atom. The average molecular weight is 295 g/mol.